The normalized spacial score (nSPS) is 21.1. The quantitative estimate of drug-likeness (QED) is 0.810. The molecule has 26 heavy (non-hydrogen) atoms. The standard InChI is InChI=1S/C21H18N2O2S/c1-25-15-7-4-6-14(11-15)20-17-10-9-13-5-2-3-8-16(13)19(17)22-21-23(20)18(24)12-26-21/h2-8,11,20H,9-10,12H2,1H3/t20-/m0/s1. The molecule has 5 rings (SSSR count). The summed E-state index contributed by atoms with van der Waals surface area (Å²) < 4.78 is 5.42. The number of amides is 1. The zero-order valence-corrected chi connectivity index (χ0v) is 15.3. The Balaban J connectivity index is 1.72. The van der Waals surface area contributed by atoms with Gasteiger partial charge in [0.15, 0.2) is 5.17 Å². The molecule has 0 saturated carbocycles. The van der Waals surface area contributed by atoms with Crippen LogP contribution in [0.1, 0.15) is 29.2 Å². The lowest BCUT2D eigenvalue weighted by molar-refractivity contribution is -0.125. The zero-order valence-electron chi connectivity index (χ0n) is 14.4. The first-order chi connectivity index (χ1) is 12.8. The van der Waals surface area contributed by atoms with Gasteiger partial charge in [0.25, 0.3) is 0 Å². The largest absolute Gasteiger partial charge is 0.497 e. The number of ether oxygens (including phenoxy) is 1. The second kappa shape index (κ2) is 6.02. The highest BCUT2D eigenvalue weighted by Gasteiger charge is 2.42. The van der Waals surface area contributed by atoms with E-state index >= 15 is 0 Å². The number of aryl methyl sites for hydroxylation is 1. The molecule has 0 aromatic heterocycles. The molecule has 1 saturated heterocycles. The Labute approximate surface area is 156 Å². The lowest BCUT2D eigenvalue weighted by Gasteiger charge is -2.37. The van der Waals surface area contributed by atoms with Crippen LogP contribution in [-0.2, 0) is 11.2 Å². The molecule has 2 heterocycles. The molecule has 0 radical (unpaired) electrons. The topological polar surface area (TPSA) is 41.9 Å². The number of carbonyl (C=O) groups is 1. The minimum atomic E-state index is -0.0940. The maximum Gasteiger partial charge on any atom is 0.239 e. The smallest absolute Gasteiger partial charge is 0.239 e. The average Bonchev–Trinajstić information content (AvgIpc) is 3.06. The van der Waals surface area contributed by atoms with E-state index in [0.29, 0.717) is 5.75 Å². The average molecular weight is 362 g/mol. The van der Waals surface area contributed by atoms with Crippen LogP contribution in [0.5, 0.6) is 5.75 Å². The van der Waals surface area contributed by atoms with E-state index in [1.54, 1.807) is 7.11 Å². The lowest BCUT2D eigenvalue weighted by Crippen LogP contribution is -2.38. The van der Waals surface area contributed by atoms with Crippen LogP contribution in [0.25, 0.3) is 5.70 Å². The third-order valence-electron chi connectivity index (χ3n) is 5.25. The molecule has 3 aliphatic rings. The van der Waals surface area contributed by atoms with Gasteiger partial charge < -0.3 is 4.74 Å². The van der Waals surface area contributed by atoms with Gasteiger partial charge in [0.1, 0.15) is 5.75 Å². The summed E-state index contributed by atoms with van der Waals surface area (Å²) in [5.41, 5.74) is 5.90. The van der Waals surface area contributed by atoms with Crippen molar-refractivity contribution >= 4 is 28.5 Å². The van der Waals surface area contributed by atoms with Crippen LogP contribution in [0.2, 0.25) is 0 Å². The molecule has 1 fully saturated rings. The maximum absolute atomic E-state index is 12.6. The van der Waals surface area contributed by atoms with Gasteiger partial charge in [-0.05, 0) is 41.7 Å². The second-order valence-corrected chi connectivity index (χ2v) is 7.60. The van der Waals surface area contributed by atoms with Crippen LogP contribution in [0.3, 0.4) is 0 Å². The molecule has 1 amide bonds. The van der Waals surface area contributed by atoms with Crippen molar-refractivity contribution < 1.29 is 9.53 Å². The number of amidine groups is 1. The molecule has 2 aromatic carbocycles. The molecule has 5 heteroatoms. The van der Waals surface area contributed by atoms with E-state index in [1.165, 1.54) is 28.5 Å². The van der Waals surface area contributed by atoms with Gasteiger partial charge in [0.2, 0.25) is 5.91 Å². The van der Waals surface area contributed by atoms with E-state index < -0.39 is 0 Å². The van der Waals surface area contributed by atoms with Crippen molar-refractivity contribution in [3.63, 3.8) is 0 Å². The van der Waals surface area contributed by atoms with Gasteiger partial charge in [-0.2, -0.15) is 0 Å². The summed E-state index contributed by atoms with van der Waals surface area (Å²) in [6.45, 7) is 0. The predicted molar refractivity (Wildman–Crippen MR) is 104 cm³/mol. The van der Waals surface area contributed by atoms with E-state index in [9.17, 15) is 4.79 Å². The molecule has 0 N–H and O–H groups in total. The Morgan fingerprint density at radius 2 is 2.04 bits per heavy atom. The van der Waals surface area contributed by atoms with Crippen LogP contribution in [-0.4, -0.2) is 28.8 Å². The number of methoxy groups -OCH3 is 1. The molecule has 0 unspecified atom stereocenters. The summed E-state index contributed by atoms with van der Waals surface area (Å²) in [7, 11) is 1.67. The minimum absolute atomic E-state index is 0.0940. The van der Waals surface area contributed by atoms with Crippen LogP contribution in [0, 0.1) is 0 Å². The SMILES string of the molecule is COc1cccc([C@H]2C3=C(N=C4SCC(=O)N42)c2ccccc2CC3)c1. The fraction of sp³-hybridized carbons (Fsp3) is 0.238. The van der Waals surface area contributed by atoms with E-state index in [-0.39, 0.29) is 11.9 Å². The summed E-state index contributed by atoms with van der Waals surface area (Å²) in [6, 6.07) is 16.4. The fourth-order valence-electron chi connectivity index (χ4n) is 4.05. The highest BCUT2D eigenvalue weighted by molar-refractivity contribution is 8.15. The van der Waals surface area contributed by atoms with E-state index in [0.717, 1.165) is 35.0 Å². The van der Waals surface area contributed by atoms with Gasteiger partial charge in [-0.3, -0.25) is 9.69 Å². The molecule has 0 bridgehead atoms. The van der Waals surface area contributed by atoms with Gasteiger partial charge >= 0.3 is 0 Å². The summed E-state index contributed by atoms with van der Waals surface area (Å²) in [5.74, 6) is 1.40. The Morgan fingerprint density at radius 1 is 1.15 bits per heavy atom. The van der Waals surface area contributed by atoms with Crippen molar-refractivity contribution in [2.75, 3.05) is 12.9 Å². The summed E-state index contributed by atoms with van der Waals surface area (Å²) in [6.07, 6.45) is 1.90. The Hall–Kier alpha value is -2.53. The molecule has 2 aromatic rings. The molecular formula is C21H18N2O2S. The van der Waals surface area contributed by atoms with Crippen molar-refractivity contribution in [1.82, 2.24) is 4.90 Å². The fourth-order valence-corrected chi connectivity index (χ4v) is 4.95. The molecule has 4 nitrogen and oxygen atoms in total. The van der Waals surface area contributed by atoms with Crippen molar-refractivity contribution in [3.05, 3.63) is 70.8 Å². The number of nitrogens with zero attached hydrogens (tertiary/aromatic N) is 2. The first-order valence-electron chi connectivity index (χ1n) is 8.75. The second-order valence-electron chi connectivity index (χ2n) is 6.66. The highest BCUT2D eigenvalue weighted by Crippen LogP contribution is 2.47. The van der Waals surface area contributed by atoms with Crippen molar-refractivity contribution in [3.8, 4) is 5.75 Å². The van der Waals surface area contributed by atoms with Crippen LogP contribution >= 0.6 is 11.8 Å². The van der Waals surface area contributed by atoms with Gasteiger partial charge in [-0.25, -0.2) is 4.99 Å². The number of fused-ring (bicyclic) bond motifs is 3. The number of thioether (sulfide) groups is 1. The number of rotatable bonds is 2. The number of hydrogen-bond donors (Lipinski definition) is 0. The molecular weight excluding hydrogens is 344 g/mol. The summed E-state index contributed by atoms with van der Waals surface area (Å²) in [4.78, 5) is 19.4. The third kappa shape index (κ3) is 2.31. The Morgan fingerprint density at radius 3 is 2.92 bits per heavy atom. The number of hydrogen-bond acceptors (Lipinski definition) is 4. The zero-order chi connectivity index (χ0) is 17.7. The first-order valence-corrected chi connectivity index (χ1v) is 9.73. The van der Waals surface area contributed by atoms with E-state index in [2.05, 4.69) is 30.3 Å². The number of carbonyl (C=O) groups excluding carboxylic acids is 1. The maximum atomic E-state index is 12.6. The number of aliphatic imine (C=N–C) groups is 1. The summed E-state index contributed by atoms with van der Waals surface area (Å²) in [5, 5.41) is 0.818. The highest BCUT2D eigenvalue weighted by atomic mass is 32.2. The molecule has 1 aliphatic carbocycles. The Kier molecular flexibility index (Phi) is 3.64. The molecule has 2 aliphatic heterocycles. The van der Waals surface area contributed by atoms with E-state index in [4.69, 9.17) is 9.73 Å². The number of benzene rings is 2. The van der Waals surface area contributed by atoms with Crippen LogP contribution in [0.15, 0.2) is 59.1 Å². The van der Waals surface area contributed by atoms with Crippen LogP contribution in [0.4, 0.5) is 0 Å². The van der Waals surface area contributed by atoms with Crippen molar-refractivity contribution in [1.29, 1.82) is 0 Å². The van der Waals surface area contributed by atoms with Gasteiger partial charge in [-0.15, -0.1) is 0 Å². The predicted octanol–water partition coefficient (Wildman–Crippen LogP) is 4.04. The van der Waals surface area contributed by atoms with Crippen molar-refractivity contribution in [2.24, 2.45) is 4.99 Å². The van der Waals surface area contributed by atoms with Gasteiger partial charge in [0, 0.05) is 5.56 Å². The molecule has 0 spiro atoms. The molecule has 1 atom stereocenters. The monoisotopic (exact) mass is 362 g/mol. The molecule has 130 valence electrons. The van der Waals surface area contributed by atoms with Gasteiger partial charge in [-0.1, -0.05) is 48.2 Å². The van der Waals surface area contributed by atoms with Crippen molar-refractivity contribution in [2.45, 2.75) is 18.9 Å². The first kappa shape index (κ1) is 15.7. The van der Waals surface area contributed by atoms with E-state index in [1.807, 2.05) is 23.1 Å². The Bertz CT molecular complexity index is 979. The van der Waals surface area contributed by atoms with Gasteiger partial charge in [0.05, 0.1) is 24.6 Å². The third-order valence-corrected chi connectivity index (χ3v) is 6.18. The van der Waals surface area contributed by atoms with Crippen LogP contribution < -0.4 is 4.74 Å². The minimum Gasteiger partial charge on any atom is -0.497 e. The lowest BCUT2D eigenvalue weighted by atomic mass is 9.82. The summed E-state index contributed by atoms with van der Waals surface area (Å²) >= 11 is 1.53.